The molecule has 9 heteroatoms. The third-order valence-corrected chi connectivity index (χ3v) is 5.37. The normalized spacial score (nSPS) is 13.7. The van der Waals surface area contributed by atoms with Crippen LogP contribution in [0.5, 0.6) is 0 Å². The van der Waals surface area contributed by atoms with Crippen LogP contribution in [0.4, 0.5) is 0 Å². The summed E-state index contributed by atoms with van der Waals surface area (Å²) in [6.45, 7) is 1.07. The summed E-state index contributed by atoms with van der Waals surface area (Å²) in [5.74, 6) is 0.505. The highest BCUT2D eigenvalue weighted by Crippen LogP contribution is 2.13. The zero-order valence-electron chi connectivity index (χ0n) is 15.6. The molecule has 1 N–H and O–H groups in total. The second-order valence-electron chi connectivity index (χ2n) is 6.47. The van der Waals surface area contributed by atoms with Crippen LogP contribution in [-0.2, 0) is 31.4 Å². The molecule has 2 atom stereocenters. The molecule has 0 spiro atoms. The van der Waals surface area contributed by atoms with Gasteiger partial charge in [-0.15, -0.1) is 0 Å². The van der Waals surface area contributed by atoms with Gasteiger partial charge in [0.05, 0.1) is 6.33 Å². The van der Waals surface area contributed by atoms with E-state index in [1.165, 1.54) is 11.6 Å². The summed E-state index contributed by atoms with van der Waals surface area (Å²) in [7, 11) is 2.11. The minimum atomic E-state index is -0.944. The summed E-state index contributed by atoms with van der Waals surface area (Å²) >= 11 is 0. The van der Waals surface area contributed by atoms with Crippen LogP contribution < -0.4 is 16.6 Å². The number of nitrogens with one attached hydrogen (secondary N) is 1. The molecule has 8 nitrogen and oxygen atoms in total. The Morgan fingerprint density at radius 3 is 2.52 bits per heavy atom. The molecule has 0 aliphatic heterocycles. The minimum Gasteiger partial charge on any atom is -0.323 e. The molecule has 27 heavy (non-hydrogen) atoms. The molecule has 0 bridgehead atoms. The van der Waals surface area contributed by atoms with E-state index < -0.39 is 16.5 Å². The molecule has 0 unspecified atom stereocenters. The van der Waals surface area contributed by atoms with Crippen molar-refractivity contribution < 1.29 is 4.21 Å². The molecule has 0 radical (unpaired) electrons. The largest absolute Gasteiger partial charge is 0.332 e. The van der Waals surface area contributed by atoms with Crippen LogP contribution in [0.25, 0.3) is 11.2 Å². The molecule has 1 aromatic carbocycles. The van der Waals surface area contributed by atoms with Crippen molar-refractivity contribution >= 4 is 22.0 Å². The van der Waals surface area contributed by atoms with Gasteiger partial charge in [-0.05, 0) is 5.56 Å². The monoisotopic (exact) mass is 389 g/mol. The smallest absolute Gasteiger partial charge is 0.323 e. The Morgan fingerprint density at radius 2 is 1.85 bits per heavy atom. The van der Waals surface area contributed by atoms with Crippen molar-refractivity contribution in [3.05, 3.63) is 63.1 Å². The molecule has 0 saturated carbocycles. The topological polar surface area (TPSA) is 90.9 Å². The number of fused-ring (bicyclic) bond motifs is 1. The van der Waals surface area contributed by atoms with E-state index in [0.29, 0.717) is 30.0 Å². The van der Waals surface area contributed by atoms with Crippen molar-refractivity contribution in [2.75, 3.05) is 18.6 Å². The fraction of sp³-hybridized carbons (Fsp3) is 0.389. The van der Waals surface area contributed by atoms with Gasteiger partial charge in [0, 0.05) is 56.0 Å². The van der Waals surface area contributed by atoms with Gasteiger partial charge in [-0.1, -0.05) is 30.3 Å². The Morgan fingerprint density at radius 1 is 1.15 bits per heavy atom. The lowest BCUT2D eigenvalue weighted by Gasteiger charge is -2.18. The second kappa shape index (κ2) is 8.01. The highest BCUT2D eigenvalue weighted by Gasteiger charge is 2.15. The minimum absolute atomic E-state index is 0.0426. The number of aromatic nitrogens is 4. The van der Waals surface area contributed by atoms with Gasteiger partial charge in [0.2, 0.25) is 0 Å². The van der Waals surface area contributed by atoms with Crippen molar-refractivity contribution in [2.45, 2.75) is 12.6 Å². The van der Waals surface area contributed by atoms with Crippen LogP contribution in [0, 0.1) is 0 Å². The van der Waals surface area contributed by atoms with Crippen LogP contribution >= 0.6 is 0 Å². The first-order valence-corrected chi connectivity index (χ1v) is 10.3. The van der Waals surface area contributed by atoms with Crippen molar-refractivity contribution in [2.24, 2.45) is 14.1 Å². The van der Waals surface area contributed by atoms with Gasteiger partial charge >= 0.3 is 5.69 Å². The SMILES string of the molecule is Cn1c(=O)c2c(ncn2CCN[C@H](C[S@@](C)=O)c2ccccc2)n(C)c1=O. The van der Waals surface area contributed by atoms with Gasteiger partial charge in [0.1, 0.15) is 0 Å². The van der Waals surface area contributed by atoms with E-state index in [9.17, 15) is 13.8 Å². The maximum absolute atomic E-state index is 12.5. The molecule has 2 heterocycles. The molecule has 144 valence electrons. The zero-order valence-corrected chi connectivity index (χ0v) is 16.4. The first kappa shape index (κ1) is 19.2. The summed E-state index contributed by atoms with van der Waals surface area (Å²) in [4.78, 5) is 28.7. The van der Waals surface area contributed by atoms with Crippen molar-refractivity contribution in [3.8, 4) is 0 Å². The zero-order chi connectivity index (χ0) is 19.6. The van der Waals surface area contributed by atoms with Crippen LogP contribution in [-0.4, -0.2) is 41.4 Å². The number of nitrogens with zero attached hydrogens (tertiary/aromatic N) is 4. The predicted octanol–water partition coefficient (Wildman–Crippen LogP) is 0.143. The standard InChI is InChI=1S/C18H23N5O3S/c1-21-16-15(17(24)22(2)18(21)25)23(12-20-16)10-9-19-14(11-27(3)26)13-7-5-4-6-8-13/h4-8,12,14,19H,9-11H2,1-3H3/t14-,27-/m1/s1. The van der Waals surface area contributed by atoms with E-state index in [2.05, 4.69) is 10.3 Å². The highest BCUT2D eigenvalue weighted by atomic mass is 32.2. The Hall–Kier alpha value is -2.52. The van der Waals surface area contributed by atoms with Gasteiger partial charge in [0.25, 0.3) is 5.56 Å². The summed E-state index contributed by atoms with van der Waals surface area (Å²) in [6.07, 6.45) is 3.26. The van der Waals surface area contributed by atoms with Gasteiger partial charge in [-0.2, -0.15) is 0 Å². The molecule has 0 saturated heterocycles. The number of benzene rings is 1. The Labute approximate surface area is 158 Å². The fourth-order valence-electron chi connectivity index (χ4n) is 3.12. The third kappa shape index (κ3) is 3.93. The lowest BCUT2D eigenvalue weighted by Crippen LogP contribution is -2.38. The van der Waals surface area contributed by atoms with E-state index in [0.717, 1.165) is 10.1 Å². The van der Waals surface area contributed by atoms with E-state index in [4.69, 9.17) is 0 Å². The number of hydrogen-bond donors (Lipinski definition) is 1. The Balaban J connectivity index is 1.81. The lowest BCUT2D eigenvalue weighted by molar-refractivity contribution is 0.536. The summed E-state index contributed by atoms with van der Waals surface area (Å²) in [6, 6.07) is 9.82. The van der Waals surface area contributed by atoms with Crippen molar-refractivity contribution in [1.29, 1.82) is 0 Å². The van der Waals surface area contributed by atoms with Crippen LogP contribution in [0.1, 0.15) is 11.6 Å². The molecule has 0 fully saturated rings. The first-order valence-electron chi connectivity index (χ1n) is 8.59. The second-order valence-corrected chi connectivity index (χ2v) is 7.95. The first-order chi connectivity index (χ1) is 12.9. The average Bonchev–Trinajstić information content (AvgIpc) is 3.08. The Kier molecular flexibility index (Phi) is 5.71. The quantitative estimate of drug-likeness (QED) is 0.621. The van der Waals surface area contributed by atoms with E-state index >= 15 is 0 Å². The van der Waals surface area contributed by atoms with E-state index in [1.807, 2.05) is 30.3 Å². The molecular formula is C18H23N5O3S. The molecule has 3 aromatic rings. The van der Waals surface area contributed by atoms with Crippen molar-refractivity contribution in [3.63, 3.8) is 0 Å². The van der Waals surface area contributed by atoms with Gasteiger partial charge < -0.3 is 9.88 Å². The van der Waals surface area contributed by atoms with E-state index in [1.54, 1.807) is 24.2 Å². The molecule has 0 aliphatic rings. The van der Waals surface area contributed by atoms with Gasteiger partial charge in [0.15, 0.2) is 11.2 Å². The van der Waals surface area contributed by atoms with E-state index in [-0.39, 0.29) is 11.6 Å². The van der Waals surface area contributed by atoms with Crippen molar-refractivity contribution in [1.82, 2.24) is 24.0 Å². The molecule has 2 aromatic heterocycles. The molecular weight excluding hydrogens is 366 g/mol. The summed E-state index contributed by atoms with van der Waals surface area (Å²) in [5, 5.41) is 3.41. The number of rotatable bonds is 7. The highest BCUT2D eigenvalue weighted by molar-refractivity contribution is 7.84. The lowest BCUT2D eigenvalue weighted by atomic mass is 10.1. The van der Waals surface area contributed by atoms with Crippen LogP contribution in [0.2, 0.25) is 0 Å². The number of imidazole rings is 1. The maximum atomic E-state index is 12.5. The average molecular weight is 389 g/mol. The Bertz CT molecular complexity index is 1080. The van der Waals surface area contributed by atoms with Gasteiger partial charge in [-0.3, -0.25) is 18.1 Å². The van der Waals surface area contributed by atoms with Crippen LogP contribution in [0.3, 0.4) is 0 Å². The summed E-state index contributed by atoms with van der Waals surface area (Å²) < 4.78 is 15.9. The molecule has 3 rings (SSSR count). The number of hydrogen-bond acceptors (Lipinski definition) is 5. The maximum Gasteiger partial charge on any atom is 0.332 e. The molecule has 0 amide bonds. The summed E-state index contributed by atoms with van der Waals surface area (Å²) in [5.41, 5.74) is 1.08. The fourth-order valence-corrected chi connectivity index (χ4v) is 3.90. The number of aryl methyl sites for hydroxylation is 1. The molecule has 0 aliphatic carbocycles. The van der Waals surface area contributed by atoms with Crippen LogP contribution in [0.15, 0.2) is 46.2 Å². The van der Waals surface area contributed by atoms with Gasteiger partial charge in [-0.25, -0.2) is 9.78 Å². The predicted molar refractivity (Wildman–Crippen MR) is 106 cm³/mol. The third-order valence-electron chi connectivity index (χ3n) is 4.56.